The van der Waals surface area contributed by atoms with Crippen molar-refractivity contribution in [2.45, 2.75) is 32.7 Å². The molecule has 0 radical (unpaired) electrons. The minimum absolute atomic E-state index is 0.138. The lowest BCUT2D eigenvalue weighted by Gasteiger charge is -2.22. The fourth-order valence-electron chi connectivity index (χ4n) is 3.63. The lowest BCUT2D eigenvalue weighted by molar-refractivity contribution is -0.131. The van der Waals surface area contributed by atoms with Crippen LogP contribution in [-0.4, -0.2) is 54.3 Å². The van der Waals surface area contributed by atoms with Gasteiger partial charge >= 0.3 is 0 Å². The van der Waals surface area contributed by atoms with E-state index in [1.54, 1.807) is 24.3 Å². The number of benzene rings is 2. The van der Waals surface area contributed by atoms with Gasteiger partial charge in [0.15, 0.2) is 0 Å². The molecule has 1 fully saturated rings. The molecule has 0 spiro atoms. The number of hydrogen-bond acceptors (Lipinski definition) is 3. The molecule has 2 aromatic rings. The number of aryl methyl sites for hydroxylation is 1. The van der Waals surface area contributed by atoms with Gasteiger partial charge in [-0.2, -0.15) is 0 Å². The van der Waals surface area contributed by atoms with E-state index >= 15 is 0 Å². The molecular weight excluding hydrogens is 398 g/mol. The number of hydrogen-bond donors (Lipinski definition) is 1. The van der Waals surface area contributed by atoms with Gasteiger partial charge in [-0.1, -0.05) is 41.4 Å². The fourth-order valence-corrected chi connectivity index (χ4v) is 3.76. The Labute approximate surface area is 184 Å². The van der Waals surface area contributed by atoms with E-state index in [0.29, 0.717) is 30.0 Å². The van der Waals surface area contributed by atoms with Gasteiger partial charge in [0, 0.05) is 56.3 Å². The molecule has 0 unspecified atom stereocenters. The molecule has 1 N–H and O–H groups in total. The maximum Gasteiger partial charge on any atom is 0.251 e. The van der Waals surface area contributed by atoms with Crippen LogP contribution in [0.1, 0.15) is 40.7 Å². The lowest BCUT2D eigenvalue weighted by atomic mass is 10.1. The first-order chi connectivity index (χ1) is 14.5. The van der Waals surface area contributed by atoms with Crippen LogP contribution < -0.4 is 5.32 Å². The molecule has 2 amide bonds. The largest absolute Gasteiger partial charge is 0.352 e. The van der Waals surface area contributed by atoms with E-state index in [0.717, 1.165) is 39.1 Å². The van der Waals surface area contributed by atoms with Crippen molar-refractivity contribution < 1.29 is 9.59 Å². The maximum absolute atomic E-state index is 12.6. The highest BCUT2D eigenvalue weighted by Crippen LogP contribution is 2.12. The summed E-state index contributed by atoms with van der Waals surface area (Å²) in [5, 5.41) is 3.47. The molecule has 0 bridgehead atoms. The van der Waals surface area contributed by atoms with E-state index in [1.807, 2.05) is 4.90 Å². The van der Waals surface area contributed by atoms with Crippen molar-refractivity contribution in [3.05, 3.63) is 70.2 Å². The predicted octanol–water partition coefficient (Wildman–Crippen LogP) is 3.89. The molecule has 0 aromatic heterocycles. The van der Waals surface area contributed by atoms with Gasteiger partial charge in [-0.15, -0.1) is 0 Å². The molecule has 2 aromatic carbocycles. The normalized spacial score (nSPS) is 14.9. The molecule has 1 saturated heterocycles. The van der Waals surface area contributed by atoms with Gasteiger partial charge in [0.05, 0.1) is 0 Å². The summed E-state index contributed by atoms with van der Waals surface area (Å²) in [4.78, 5) is 29.1. The van der Waals surface area contributed by atoms with Crippen LogP contribution in [0.5, 0.6) is 0 Å². The molecule has 160 valence electrons. The van der Waals surface area contributed by atoms with Crippen LogP contribution in [-0.2, 0) is 11.3 Å². The van der Waals surface area contributed by atoms with Gasteiger partial charge in [-0.25, -0.2) is 0 Å². The topological polar surface area (TPSA) is 52.6 Å². The highest BCUT2D eigenvalue weighted by atomic mass is 35.5. The van der Waals surface area contributed by atoms with Gasteiger partial charge in [0.1, 0.15) is 0 Å². The second-order valence-electron chi connectivity index (χ2n) is 7.86. The molecule has 3 rings (SSSR count). The molecule has 6 heteroatoms. The molecule has 0 aliphatic carbocycles. The highest BCUT2D eigenvalue weighted by Gasteiger charge is 2.19. The standard InChI is InChI=1S/C24H30ClN3O2/c1-19-5-7-20(8-6-19)18-27-14-3-15-28(17-16-27)23(29)4-2-13-26-24(30)21-9-11-22(25)12-10-21/h5-12H,2-4,13-18H2,1H3,(H,26,30). The van der Waals surface area contributed by atoms with Crippen LogP contribution in [0.2, 0.25) is 5.02 Å². The predicted molar refractivity (Wildman–Crippen MR) is 121 cm³/mol. The highest BCUT2D eigenvalue weighted by molar-refractivity contribution is 6.30. The zero-order valence-corrected chi connectivity index (χ0v) is 18.3. The quantitative estimate of drug-likeness (QED) is 0.682. The second-order valence-corrected chi connectivity index (χ2v) is 8.30. The lowest BCUT2D eigenvalue weighted by Crippen LogP contribution is -2.35. The summed E-state index contributed by atoms with van der Waals surface area (Å²) in [5.74, 6) is 0.0357. The average Bonchev–Trinajstić information content (AvgIpc) is 2.99. The second kappa shape index (κ2) is 11.1. The maximum atomic E-state index is 12.6. The van der Waals surface area contributed by atoms with Crippen LogP contribution >= 0.6 is 11.6 Å². The van der Waals surface area contributed by atoms with Crippen LogP contribution in [0.4, 0.5) is 0 Å². The van der Waals surface area contributed by atoms with Crippen molar-refractivity contribution in [2.24, 2.45) is 0 Å². The molecule has 1 aliphatic heterocycles. The number of nitrogens with one attached hydrogen (secondary N) is 1. The van der Waals surface area contributed by atoms with E-state index < -0.39 is 0 Å². The van der Waals surface area contributed by atoms with Crippen LogP contribution in [0.15, 0.2) is 48.5 Å². The summed E-state index contributed by atoms with van der Waals surface area (Å²) in [6.07, 6.45) is 2.09. The Hall–Kier alpha value is -2.37. The Morgan fingerprint density at radius 2 is 1.70 bits per heavy atom. The third-order valence-electron chi connectivity index (χ3n) is 5.43. The van der Waals surface area contributed by atoms with E-state index in [9.17, 15) is 9.59 Å². The number of carbonyl (C=O) groups is 2. The van der Waals surface area contributed by atoms with Crippen molar-refractivity contribution in [3.63, 3.8) is 0 Å². The van der Waals surface area contributed by atoms with Gasteiger partial charge in [0.2, 0.25) is 5.91 Å². The summed E-state index contributed by atoms with van der Waals surface area (Å²) in [6.45, 7) is 6.99. The van der Waals surface area contributed by atoms with Gasteiger partial charge < -0.3 is 10.2 Å². The zero-order chi connectivity index (χ0) is 21.3. The molecule has 0 saturated carbocycles. The monoisotopic (exact) mass is 427 g/mol. The Kier molecular flexibility index (Phi) is 8.29. The first kappa shape index (κ1) is 22.3. The van der Waals surface area contributed by atoms with E-state index in [2.05, 4.69) is 41.4 Å². The van der Waals surface area contributed by atoms with Crippen molar-refractivity contribution >= 4 is 23.4 Å². The Morgan fingerprint density at radius 3 is 2.43 bits per heavy atom. The molecular formula is C24H30ClN3O2. The Balaban J connectivity index is 1.36. The molecule has 1 aliphatic rings. The Morgan fingerprint density at radius 1 is 0.967 bits per heavy atom. The van der Waals surface area contributed by atoms with Crippen LogP contribution in [0.3, 0.4) is 0 Å². The van der Waals surface area contributed by atoms with Gasteiger partial charge in [-0.3, -0.25) is 14.5 Å². The summed E-state index contributed by atoms with van der Waals surface area (Å²) in [7, 11) is 0. The molecule has 30 heavy (non-hydrogen) atoms. The average molecular weight is 428 g/mol. The zero-order valence-electron chi connectivity index (χ0n) is 17.6. The van der Waals surface area contributed by atoms with Crippen molar-refractivity contribution in [2.75, 3.05) is 32.7 Å². The van der Waals surface area contributed by atoms with Gasteiger partial charge in [0.25, 0.3) is 5.91 Å². The minimum Gasteiger partial charge on any atom is -0.352 e. The van der Waals surface area contributed by atoms with Crippen molar-refractivity contribution in [1.82, 2.24) is 15.1 Å². The summed E-state index contributed by atoms with van der Waals surface area (Å²) < 4.78 is 0. The number of rotatable bonds is 7. The molecule has 1 heterocycles. The molecule has 0 atom stereocenters. The smallest absolute Gasteiger partial charge is 0.251 e. The van der Waals surface area contributed by atoms with E-state index in [4.69, 9.17) is 11.6 Å². The minimum atomic E-state index is -0.138. The fraction of sp³-hybridized carbons (Fsp3) is 0.417. The number of amides is 2. The van der Waals surface area contributed by atoms with Crippen molar-refractivity contribution in [1.29, 1.82) is 0 Å². The summed E-state index contributed by atoms with van der Waals surface area (Å²) in [5.41, 5.74) is 3.17. The third-order valence-corrected chi connectivity index (χ3v) is 5.68. The third kappa shape index (κ3) is 6.85. The number of halogens is 1. The molecule has 5 nitrogen and oxygen atoms in total. The Bertz CT molecular complexity index is 837. The van der Waals surface area contributed by atoms with Gasteiger partial charge in [-0.05, 0) is 49.6 Å². The number of carbonyl (C=O) groups excluding carboxylic acids is 2. The first-order valence-electron chi connectivity index (χ1n) is 10.6. The number of nitrogens with zero attached hydrogens (tertiary/aromatic N) is 2. The summed E-state index contributed by atoms with van der Waals surface area (Å²) in [6, 6.07) is 15.4. The van der Waals surface area contributed by atoms with E-state index in [1.165, 1.54) is 11.1 Å². The summed E-state index contributed by atoms with van der Waals surface area (Å²) >= 11 is 5.84. The van der Waals surface area contributed by atoms with E-state index in [-0.39, 0.29) is 11.8 Å². The SMILES string of the molecule is Cc1ccc(CN2CCCN(C(=O)CCCNC(=O)c3ccc(Cl)cc3)CC2)cc1. The van der Waals surface area contributed by atoms with Crippen molar-refractivity contribution in [3.8, 4) is 0 Å². The first-order valence-corrected chi connectivity index (χ1v) is 11.0. The van der Waals surface area contributed by atoms with Crippen LogP contribution in [0.25, 0.3) is 0 Å². The van der Waals surface area contributed by atoms with Crippen LogP contribution in [0, 0.1) is 6.92 Å².